The summed E-state index contributed by atoms with van der Waals surface area (Å²) in [4.78, 5) is 32.3. The molecule has 0 heterocycles. The summed E-state index contributed by atoms with van der Waals surface area (Å²) in [6.45, 7) is 5.57. The molecule has 330 valence electrons. The Hall–Kier alpha value is -0.830. The van der Waals surface area contributed by atoms with Crippen LogP contribution < -0.4 is 0 Å². The molecule has 2 aliphatic rings. The summed E-state index contributed by atoms with van der Waals surface area (Å²) in [5, 5.41) is 0. The van der Waals surface area contributed by atoms with Crippen LogP contribution in [0.25, 0.3) is 0 Å². The molecule has 2 saturated carbocycles. The van der Waals surface area contributed by atoms with Crippen LogP contribution >= 0.6 is 8.60 Å². The van der Waals surface area contributed by atoms with E-state index in [4.69, 9.17) is 28.1 Å². The second kappa shape index (κ2) is 35.0. The Morgan fingerprint density at radius 2 is 1.00 bits per heavy atom. The van der Waals surface area contributed by atoms with Crippen LogP contribution in [0.3, 0.4) is 0 Å². The summed E-state index contributed by atoms with van der Waals surface area (Å²) in [7, 11) is 3.49. The summed E-state index contributed by atoms with van der Waals surface area (Å²) < 4.78 is 28.0. The van der Waals surface area contributed by atoms with Crippen molar-refractivity contribution >= 4 is 20.5 Å². The van der Waals surface area contributed by atoms with Crippen molar-refractivity contribution in [3.05, 3.63) is 0 Å². The van der Waals surface area contributed by atoms with Gasteiger partial charge in [0.1, 0.15) is 6.61 Å². The molecule has 0 saturated heterocycles. The molecule has 0 amide bonds. The predicted octanol–water partition coefficient (Wildman–Crippen LogP) is 13.1. The lowest BCUT2D eigenvalue weighted by Gasteiger charge is -2.21. The standard InChI is InChI=1S/C46H88NO8P/c1-6-8-10-12-16-22-28-40-36-42(40)30-24-18-14-20-26-32-45(48)51-38-44(39-53-56(55-50-5)52-35-34-47(3)4)54-46(49)33-27-21-15-19-25-31-43-37-41(43)29-23-17-13-11-9-7-2/h40-44H,6-39H2,1-5H3. The molecule has 0 N–H and O–H groups in total. The third-order valence-corrected chi connectivity index (χ3v) is 12.9. The van der Waals surface area contributed by atoms with E-state index in [1.54, 1.807) is 0 Å². The van der Waals surface area contributed by atoms with E-state index in [1.807, 2.05) is 19.0 Å². The van der Waals surface area contributed by atoms with Crippen LogP contribution in [0.15, 0.2) is 0 Å². The number of likely N-dealkylation sites (N-methyl/N-ethyl adjacent to an activating group) is 1. The molecule has 2 rings (SSSR count). The molecule has 9 nitrogen and oxygen atoms in total. The monoisotopic (exact) mass is 814 g/mol. The van der Waals surface area contributed by atoms with Crippen LogP contribution in [0.1, 0.15) is 206 Å². The SMILES string of the molecule is CCCCCCCCC1CC1CCCCCCCC(=O)OCC(COP(OCCN(C)C)OOC)OC(=O)CCCCCCCC1CC1CCCCCCCC. The van der Waals surface area contributed by atoms with E-state index in [-0.39, 0.29) is 25.2 Å². The lowest BCUT2D eigenvalue weighted by atomic mass is 10.0. The summed E-state index contributed by atoms with van der Waals surface area (Å²) in [5.74, 6) is 3.38. The zero-order valence-electron chi connectivity index (χ0n) is 37.1. The molecule has 0 aromatic heterocycles. The Balaban J connectivity index is 1.58. The minimum atomic E-state index is -1.81. The smallest absolute Gasteiger partial charge is 0.363 e. The highest BCUT2D eigenvalue weighted by Crippen LogP contribution is 2.46. The fraction of sp³-hybridized carbons (Fsp3) is 0.957. The van der Waals surface area contributed by atoms with Crippen molar-refractivity contribution in [3.8, 4) is 0 Å². The maximum Gasteiger partial charge on any atom is 0.363 e. The zero-order valence-corrected chi connectivity index (χ0v) is 38.0. The first-order chi connectivity index (χ1) is 27.4. The fourth-order valence-corrected chi connectivity index (χ4v) is 8.82. The maximum absolute atomic E-state index is 12.8. The molecule has 0 aromatic carbocycles. The van der Waals surface area contributed by atoms with Gasteiger partial charge in [0.2, 0.25) is 0 Å². The van der Waals surface area contributed by atoms with Crippen molar-refractivity contribution in [2.45, 2.75) is 213 Å². The summed E-state index contributed by atoms with van der Waals surface area (Å²) >= 11 is 0. The largest absolute Gasteiger partial charge is 0.462 e. The molecular formula is C46H88NO8P. The molecule has 0 aromatic rings. The van der Waals surface area contributed by atoms with Crippen LogP contribution in [0.4, 0.5) is 0 Å². The molecule has 56 heavy (non-hydrogen) atoms. The highest BCUT2D eigenvalue weighted by atomic mass is 31.2. The van der Waals surface area contributed by atoms with Gasteiger partial charge in [-0.2, -0.15) is 4.67 Å². The average Bonchev–Trinajstić information content (AvgIpc) is 4.11. The second-order valence-corrected chi connectivity index (χ2v) is 18.5. The van der Waals surface area contributed by atoms with Crippen LogP contribution in [0.5, 0.6) is 0 Å². The minimum Gasteiger partial charge on any atom is -0.462 e. The number of carbonyl (C=O) groups is 2. The third-order valence-electron chi connectivity index (χ3n) is 11.9. The van der Waals surface area contributed by atoms with E-state index in [9.17, 15) is 9.59 Å². The summed E-state index contributed by atoms with van der Waals surface area (Å²) in [5.41, 5.74) is 0. The van der Waals surface area contributed by atoms with Gasteiger partial charge in [-0.3, -0.25) is 9.59 Å². The van der Waals surface area contributed by atoms with Crippen LogP contribution in [0.2, 0.25) is 0 Å². The van der Waals surface area contributed by atoms with E-state index in [2.05, 4.69) is 13.8 Å². The number of hydrogen-bond donors (Lipinski definition) is 0. The highest BCUT2D eigenvalue weighted by molar-refractivity contribution is 7.41. The first-order valence-corrected chi connectivity index (χ1v) is 24.7. The van der Waals surface area contributed by atoms with Crippen molar-refractivity contribution < 1.29 is 37.7 Å². The van der Waals surface area contributed by atoms with Gasteiger partial charge in [-0.25, -0.2) is 4.89 Å². The van der Waals surface area contributed by atoms with Gasteiger partial charge in [0, 0.05) is 19.4 Å². The topological polar surface area (TPSA) is 92.8 Å². The second-order valence-electron chi connectivity index (χ2n) is 17.4. The predicted molar refractivity (Wildman–Crippen MR) is 230 cm³/mol. The normalized spacial score (nSPS) is 20.0. The molecule has 10 heteroatoms. The van der Waals surface area contributed by atoms with Crippen LogP contribution in [-0.2, 0) is 37.7 Å². The Morgan fingerprint density at radius 3 is 1.45 bits per heavy atom. The van der Waals surface area contributed by atoms with Crippen molar-refractivity contribution in [1.29, 1.82) is 0 Å². The quantitative estimate of drug-likeness (QED) is 0.0196. The third kappa shape index (κ3) is 29.4. The van der Waals surface area contributed by atoms with Crippen molar-refractivity contribution in [2.24, 2.45) is 23.7 Å². The Labute approximate surface area is 346 Å². The van der Waals surface area contributed by atoms with Crippen LogP contribution in [0, 0.1) is 23.7 Å². The maximum atomic E-state index is 12.8. The summed E-state index contributed by atoms with van der Waals surface area (Å²) in [6.07, 6.45) is 36.3. The molecule has 0 aliphatic heterocycles. The Kier molecular flexibility index (Phi) is 32.0. The first-order valence-electron chi connectivity index (χ1n) is 23.6. The summed E-state index contributed by atoms with van der Waals surface area (Å²) in [6, 6.07) is 0. The van der Waals surface area contributed by atoms with E-state index in [0.717, 1.165) is 62.2 Å². The van der Waals surface area contributed by atoms with Gasteiger partial charge in [0.15, 0.2) is 6.10 Å². The fourth-order valence-electron chi connectivity index (χ4n) is 8.02. The number of hydrogen-bond acceptors (Lipinski definition) is 9. The van der Waals surface area contributed by atoms with Gasteiger partial charge in [0.05, 0.1) is 20.3 Å². The lowest BCUT2D eigenvalue weighted by Crippen LogP contribution is -2.29. The molecule has 2 aliphatic carbocycles. The number of ether oxygens (including phenoxy) is 2. The molecule has 0 radical (unpaired) electrons. The van der Waals surface area contributed by atoms with Gasteiger partial charge in [0.25, 0.3) is 0 Å². The van der Waals surface area contributed by atoms with E-state index < -0.39 is 14.7 Å². The number of rotatable bonds is 42. The number of nitrogens with zero attached hydrogens (tertiary/aromatic N) is 1. The van der Waals surface area contributed by atoms with E-state index in [1.165, 1.54) is 148 Å². The molecule has 0 bridgehead atoms. The van der Waals surface area contributed by atoms with Crippen molar-refractivity contribution in [3.63, 3.8) is 0 Å². The Bertz CT molecular complexity index is 941. The van der Waals surface area contributed by atoms with Gasteiger partial charge in [-0.15, -0.1) is 0 Å². The lowest BCUT2D eigenvalue weighted by molar-refractivity contribution is -0.192. The molecule has 0 spiro atoms. The molecule has 6 atom stereocenters. The van der Waals surface area contributed by atoms with E-state index in [0.29, 0.717) is 26.0 Å². The van der Waals surface area contributed by atoms with Crippen molar-refractivity contribution in [1.82, 2.24) is 4.90 Å². The van der Waals surface area contributed by atoms with Crippen LogP contribution in [-0.4, -0.2) is 70.5 Å². The number of unbranched alkanes of at least 4 members (excludes halogenated alkanes) is 18. The first kappa shape index (κ1) is 51.3. The molecule has 2 fully saturated rings. The highest BCUT2D eigenvalue weighted by Gasteiger charge is 2.35. The Morgan fingerprint density at radius 1 is 0.571 bits per heavy atom. The number of esters is 2. The molecular weight excluding hydrogens is 725 g/mol. The molecule has 6 unspecified atom stereocenters. The zero-order chi connectivity index (χ0) is 40.5. The van der Waals surface area contributed by atoms with E-state index >= 15 is 0 Å². The van der Waals surface area contributed by atoms with Gasteiger partial charge in [-0.1, -0.05) is 168 Å². The van der Waals surface area contributed by atoms with Gasteiger partial charge < -0.3 is 23.4 Å². The van der Waals surface area contributed by atoms with Gasteiger partial charge in [-0.05, 0) is 63.5 Å². The average molecular weight is 814 g/mol. The minimum absolute atomic E-state index is 0.0160. The van der Waals surface area contributed by atoms with Gasteiger partial charge >= 0.3 is 20.5 Å². The number of carbonyl (C=O) groups excluding carboxylic acids is 2. The van der Waals surface area contributed by atoms with Crippen molar-refractivity contribution in [2.75, 3.05) is 47.6 Å².